The number of ether oxygens (including phenoxy) is 1. The van der Waals surface area contributed by atoms with Gasteiger partial charge in [-0.25, -0.2) is 4.79 Å². The van der Waals surface area contributed by atoms with Gasteiger partial charge in [0.15, 0.2) is 0 Å². The maximum atomic E-state index is 10.9. The summed E-state index contributed by atoms with van der Waals surface area (Å²) in [7, 11) is -1.07. The lowest BCUT2D eigenvalue weighted by Crippen LogP contribution is -2.19. The molecular formula is C8H14O4Si. The van der Waals surface area contributed by atoms with Crippen LogP contribution in [0.3, 0.4) is 0 Å². The van der Waals surface area contributed by atoms with E-state index in [2.05, 4.69) is 11.3 Å². The minimum absolute atomic E-state index is 0.123. The molecule has 0 saturated heterocycles. The van der Waals surface area contributed by atoms with Gasteiger partial charge in [-0.3, -0.25) is 4.79 Å². The summed E-state index contributed by atoms with van der Waals surface area (Å²) >= 11 is 0. The first-order valence-corrected chi connectivity index (χ1v) is 5.61. The number of carbonyl (C=O) groups is 2. The van der Waals surface area contributed by atoms with Crippen LogP contribution in [0.5, 0.6) is 0 Å². The van der Waals surface area contributed by atoms with Gasteiger partial charge in [-0.1, -0.05) is 20.4 Å². The van der Waals surface area contributed by atoms with Gasteiger partial charge < -0.3 is 9.16 Å². The molecule has 0 aliphatic rings. The number of esters is 1. The van der Waals surface area contributed by atoms with Crippen LogP contribution >= 0.6 is 0 Å². The first-order chi connectivity index (χ1) is 6.07. The van der Waals surface area contributed by atoms with E-state index in [4.69, 9.17) is 4.43 Å². The van der Waals surface area contributed by atoms with E-state index in [1.165, 1.54) is 0 Å². The Morgan fingerprint density at radius 3 is 2.62 bits per heavy atom. The molecule has 5 heteroatoms. The zero-order valence-corrected chi connectivity index (χ0v) is 9.32. The molecule has 0 unspecified atom stereocenters. The first-order valence-electron chi connectivity index (χ1n) is 4.03. The van der Waals surface area contributed by atoms with Crippen molar-refractivity contribution in [1.29, 1.82) is 0 Å². The van der Waals surface area contributed by atoms with Crippen molar-refractivity contribution in [2.75, 3.05) is 6.23 Å². The zero-order valence-electron chi connectivity index (χ0n) is 7.91. The molecule has 0 aromatic carbocycles. The van der Waals surface area contributed by atoms with Crippen LogP contribution in [0.2, 0.25) is 0 Å². The molecule has 0 aliphatic heterocycles. The van der Waals surface area contributed by atoms with E-state index < -0.39 is 15.7 Å². The van der Waals surface area contributed by atoms with Crippen LogP contribution in [-0.4, -0.2) is 27.9 Å². The Morgan fingerprint density at radius 1 is 1.54 bits per heavy atom. The molecule has 0 heterocycles. The zero-order chi connectivity index (χ0) is 10.3. The fraction of sp³-hybridized carbons (Fsp3) is 0.500. The van der Waals surface area contributed by atoms with Crippen molar-refractivity contribution in [3.63, 3.8) is 0 Å². The maximum Gasteiger partial charge on any atom is 0.329 e. The third kappa shape index (κ3) is 6.09. The summed E-state index contributed by atoms with van der Waals surface area (Å²) in [6.07, 6.45) is 1.29. The van der Waals surface area contributed by atoms with E-state index in [-0.39, 0.29) is 18.1 Å². The highest BCUT2D eigenvalue weighted by molar-refractivity contribution is 6.30. The van der Waals surface area contributed by atoms with Crippen LogP contribution < -0.4 is 0 Å². The Hall–Kier alpha value is -1.10. The lowest BCUT2D eigenvalue weighted by molar-refractivity contribution is -0.140. The molecule has 0 rings (SSSR count). The number of rotatable bonds is 5. The normalized spacial score (nSPS) is 10.4. The van der Waals surface area contributed by atoms with E-state index in [1.807, 2.05) is 0 Å². The van der Waals surface area contributed by atoms with E-state index >= 15 is 0 Å². The summed E-state index contributed by atoms with van der Waals surface area (Å²) in [6.45, 7) is 6.75. The average molecular weight is 202 g/mol. The summed E-state index contributed by atoms with van der Waals surface area (Å²) in [4.78, 5) is 21.4. The quantitative estimate of drug-likeness (QED) is 0.271. The van der Waals surface area contributed by atoms with E-state index in [1.54, 1.807) is 13.8 Å². The minimum Gasteiger partial charge on any atom is -0.521 e. The fourth-order valence-corrected chi connectivity index (χ4v) is 1.41. The van der Waals surface area contributed by atoms with Gasteiger partial charge in [0.25, 0.3) is 15.7 Å². The van der Waals surface area contributed by atoms with Crippen molar-refractivity contribution in [3.05, 3.63) is 12.7 Å². The van der Waals surface area contributed by atoms with Crippen LogP contribution in [0.25, 0.3) is 0 Å². The van der Waals surface area contributed by atoms with Crippen LogP contribution in [-0.2, 0) is 18.8 Å². The fourth-order valence-electron chi connectivity index (χ4n) is 0.510. The highest BCUT2D eigenvalue weighted by Gasteiger charge is 2.07. The van der Waals surface area contributed by atoms with E-state index in [9.17, 15) is 9.59 Å². The molecule has 0 N–H and O–H groups in total. The minimum atomic E-state index is -1.07. The van der Waals surface area contributed by atoms with Crippen molar-refractivity contribution in [2.45, 2.75) is 13.8 Å². The molecule has 0 amide bonds. The second-order valence-electron chi connectivity index (χ2n) is 2.69. The van der Waals surface area contributed by atoms with Gasteiger partial charge in [-0.05, 0) is 0 Å². The molecule has 13 heavy (non-hydrogen) atoms. The van der Waals surface area contributed by atoms with Gasteiger partial charge in [0.1, 0.15) is 6.23 Å². The molecule has 0 aromatic rings. The first kappa shape index (κ1) is 11.9. The highest BCUT2D eigenvalue weighted by Crippen LogP contribution is 1.94. The molecular weight excluding hydrogens is 188 g/mol. The molecule has 0 fully saturated rings. The largest absolute Gasteiger partial charge is 0.521 e. The number of hydrogen-bond donors (Lipinski definition) is 0. The maximum absolute atomic E-state index is 10.9. The number of hydrogen-bond acceptors (Lipinski definition) is 4. The molecule has 0 aromatic heterocycles. The van der Waals surface area contributed by atoms with Gasteiger partial charge in [0, 0.05) is 12.0 Å². The van der Waals surface area contributed by atoms with Crippen LogP contribution in [0.1, 0.15) is 13.8 Å². The average Bonchev–Trinajstić information content (AvgIpc) is 2.11. The van der Waals surface area contributed by atoms with Crippen molar-refractivity contribution < 1.29 is 18.8 Å². The summed E-state index contributed by atoms with van der Waals surface area (Å²) in [5.74, 6) is -0.836. The van der Waals surface area contributed by atoms with Crippen molar-refractivity contribution in [2.24, 2.45) is 5.92 Å². The Labute approximate surface area is 79.9 Å². The van der Waals surface area contributed by atoms with Crippen LogP contribution in [0, 0.1) is 5.92 Å². The second-order valence-corrected chi connectivity index (χ2v) is 3.80. The molecule has 0 aliphatic carbocycles. The number of carbonyl (C=O) groups excluding carboxylic acids is 2. The Bertz CT molecular complexity index is 200. The monoisotopic (exact) mass is 202 g/mol. The third-order valence-electron chi connectivity index (χ3n) is 1.21. The van der Waals surface area contributed by atoms with Crippen LogP contribution in [0.4, 0.5) is 0 Å². The predicted octanol–water partition coefficient (Wildman–Crippen LogP) is -0.0439. The smallest absolute Gasteiger partial charge is 0.329 e. The summed E-state index contributed by atoms with van der Waals surface area (Å²) in [5.41, 5.74) is 0. The van der Waals surface area contributed by atoms with Gasteiger partial charge in [-0.2, -0.15) is 0 Å². The summed E-state index contributed by atoms with van der Waals surface area (Å²) < 4.78 is 9.54. The van der Waals surface area contributed by atoms with Crippen molar-refractivity contribution in [3.8, 4) is 0 Å². The SMILES string of the molecule is C=CC(=O)OC[SiH2]OC(=O)C(C)C. The third-order valence-corrected chi connectivity index (χ3v) is 2.07. The molecule has 0 spiro atoms. The Balaban J connectivity index is 3.41. The van der Waals surface area contributed by atoms with Crippen molar-refractivity contribution >= 4 is 21.7 Å². The highest BCUT2D eigenvalue weighted by atomic mass is 28.2. The van der Waals surface area contributed by atoms with Gasteiger partial charge in [0.05, 0.1) is 0 Å². The van der Waals surface area contributed by atoms with Crippen molar-refractivity contribution in [1.82, 2.24) is 0 Å². The summed E-state index contributed by atoms with van der Waals surface area (Å²) in [6, 6.07) is 0. The van der Waals surface area contributed by atoms with Gasteiger partial charge >= 0.3 is 5.97 Å². The Morgan fingerprint density at radius 2 is 2.15 bits per heavy atom. The Kier molecular flexibility index (Phi) is 5.87. The summed E-state index contributed by atoms with van der Waals surface area (Å²) in [5, 5.41) is 0. The lowest BCUT2D eigenvalue weighted by Gasteiger charge is -2.06. The second kappa shape index (κ2) is 6.42. The standard InChI is InChI=1S/C8H14O4Si/c1-4-7(9)11-5-13-12-8(10)6(2)3/h4,6H,1,5,13H2,2-3H3. The van der Waals surface area contributed by atoms with Gasteiger partial charge in [0.2, 0.25) is 0 Å². The molecule has 74 valence electrons. The molecule has 0 saturated carbocycles. The van der Waals surface area contributed by atoms with E-state index in [0.29, 0.717) is 0 Å². The molecule has 0 radical (unpaired) electrons. The topological polar surface area (TPSA) is 52.6 Å². The van der Waals surface area contributed by atoms with Gasteiger partial charge in [-0.15, -0.1) is 0 Å². The molecule has 4 nitrogen and oxygen atoms in total. The molecule has 0 atom stereocenters. The predicted molar refractivity (Wildman–Crippen MR) is 50.6 cm³/mol. The van der Waals surface area contributed by atoms with Crippen LogP contribution in [0.15, 0.2) is 12.7 Å². The van der Waals surface area contributed by atoms with E-state index in [0.717, 1.165) is 6.08 Å². The molecule has 0 bridgehead atoms. The lowest BCUT2D eigenvalue weighted by atomic mass is 10.2.